The predicted octanol–water partition coefficient (Wildman–Crippen LogP) is 3.27. The minimum absolute atomic E-state index is 0.273. The van der Waals surface area contributed by atoms with Crippen LogP contribution >= 0.6 is 15.9 Å². The molecule has 0 amide bonds. The van der Waals surface area contributed by atoms with Crippen LogP contribution in [0.2, 0.25) is 0 Å². The van der Waals surface area contributed by atoms with Crippen LogP contribution in [-0.2, 0) is 4.74 Å². The molecular weight excluding hydrogens is 332 g/mol. The van der Waals surface area contributed by atoms with Crippen molar-refractivity contribution in [2.75, 3.05) is 25.0 Å². The van der Waals surface area contributed by atoms with E-state index in [0.29, 0.717) is 18.2 Å². The highest BCUT2D eigenvalue weighted by atomic mass is 79.9. The predicted molar refractivity (Wildman–Crippen MR) is 86.7 cm³/mol. The molecule has 1 saturated heterocycles. The van der Waals surface area contributed by atoms with Gasteiger partial charge in [0, 0.05) is 35.3 Å². The summed E-state index contributed by atoms with van der Waals surface area (Å²) < 4.78 is 5.93. The molecule has 1 aliphatic heterocycles. The summed E-state index contributed by atoms with van der Waals surface area (Å²) >= 11 is 3.55. The van der Waals surface area contributed by atoms with Crippen molar-refractivity contribution in [1.29, 1.82) is 0 Å². The molecule has 0 radical (unpaired) electrons. The third kappa shape index (κ3) is 3.58. The van der Waals surface area contributed by atoms with Gasteiger partial charge >= 0.3 is 5.97 Å². The fourth-order valence-corrected chi connectivity index (χ4v) is 3.36. The number of rotatable bonds is 5. The van der Waals surface area contributed by atoms with Crippen LogP contribution in [0.5, 0.6) is 0 Å². The van der Waals surface area contributed by atoms with E-state index in [9.17, 15) is 4.79 Å². The van der Waals surface area contributed by atoms with Gasteiger partial charge in [-0.25, -0.2) is 4.79 Å². The zero-order valence-corrected chi connectivity index (χ0v) is 13.9. The summed E-state index contributed by atoms with van der Waals surface area (Å²) in [6, 6.07) is 6.93. The Kier molecular flexibility index (Phi) is 4.50. The van der Waals surface area contributed by atoms with Gasteiger partial charge in [0.25, 0.3) is 0 Å². The fraction of sp³-hybridized carbons (Fsp3) is 0.562. The van der Waals surface area contributed by atoms with Crippen molar-refractivity contribution in [1.82, 2.24) is 4.90 Å². The summed E-state index contributed by atoms with van der Waals surface area (Å²) in [7, 11) is 0. The Morgan fingerprint density at radius 1 is 1.43 bits per heavy atom. The molecule has 1 aliphatic carbocycles. The van der Waals surface area contributed by atoms with E-state index in [-0.39, 0.29) is 5.97 Å². The fourth-order valence-electron chi connectivity index (χ4n) is 2.87. The first-order valence-corrected chi connectivity index (χ1v) is 8.44. The minimum Gasteiger partial charge on any atom is -0.462 e. The quantitative estimate of drug-likeness (QED) is 0.825. The van der Waals surface area contributed by atoms with Gasteiger partial charge in [-0.2, -0.15) is 0 Å². The van der Waals surface area contributed by atoms with Gasteiger partial charge in [-0.15, -0.1) is 0 Å². The van der Waals surface area contributed by atoms with Crippen molar-refractivity contribution in [3.8, 4) is 0 Å². The number of hydrogen-bond donors (Lipinski definition) is 1. The van der Waals surface area contributed by atoms with E-state index in [1.807, 2.05) is 25.1 Å². The highest BCUT2D eigenvalue weighted by Gasteiger charge is 2.34. The molecule has 1 N–H and O–H groups in total. The van der Waals surface area contributed by atoms with Gasteiger partial charge in [0.05, 0.1) is 12.2 Å². The highest BCUT2D eigenvalue weighted by molar-refractivity contribution is 9.10. The lowest BCUT2D eigenvalue weighted by atomic mass is 10.2. The zero-order chi connectivity index (χ0) is 14.8. The van der Waals surface area contributed by atoms with Gasteiger partial charge < -0.3 is 10.1 Å². The van der Waals surface area contributed by atoms with Crippen LogP contribution in [0.4, 0.5) is 5.69 Å². The molecule has 0 spiro atoms. The van der Waals surface area contributed by atoms with Crippen molar-refractivity contribution < 1.29 is 9.53 Å². The molecule has 1 aromatic carbocycles. The van der Waals surface area contributed by atoms with Crippen molar-refractivity contribution in [2.24, 2.45) is 0 Å². The number of nitrogens with zero attached hydrogens (tertiary/aromatic N) is 1. The SMILES string of the molecule is CCOC(=O)c1ccc(NC2CCN(C3CC3)C2)c(Br)c1. The van der Waals surface area contributed by atoms with E-state index in [0.717, 1.165) is 22.7 Å². The Labute approximate surface area is 134 Å². The van der Waals surface area contributed by atoms with Crippen molar-refractivity contribution in [3.63, 3.8) is 0 Å². The van der Waals surface area contributed by atoms with Crippen molar-refractivity contribution in [2.45, 2.75) is 38.3 Å². The normalized spacial score (nSPS) is 22.3. The van der Waals surface area contributed by atoms with Gasteiger partial charge in [-0.1, -0.05) is 0 Å². The number of nitrogens with one attached hydrogen (secondary N) is 1. The number of carbonyl (C=O) groups excluding carboxylic acids is 1. The Morgan fingerprint density at radius 2 is 2.24 bits per heavy atom. The second-order valence-corrected chi connectivity index (χ2v) is 6.63. The number of carbonyl (C=O) groups is 1. The van der Waals surface area contributed by atoms with E-state index in [2.05, 4.69) is 26.1 Å². The van der Waals surface area contributed by atoms with Crippen LogP contribution in [0.15, 0.2) is 22.7 Å². The molecule has 114 valence electrons. The molecule has 4 nitrogen and oxygen atoms in total. The van der Waals surface area contributed by atoms with Crippen LogP contribution in [0.1, 0.15) is 36.5 Å². The number of halogens is 1. The standard InChI is InChI=1S/C16H21BrN2O2/c1-2-21-16(20)11-3-6-15(14(17)9-11)18-12-7-8-19(10-12)13-4-5-13/h3,6,9,12-13,18H,2,4-5,7-8,10H2,1H3. The van der Waals surface area contributed by atoms with Crippen LogP contribution in [0, 0.1) is 0 Å². The number of benzene rings is 1. The Balaban J connectivity index is 1.62. The molecule has 0 bridgehead atoms. The lowest BCUT2D eigenvalue weighted by Gasteiger charge is -2.17. The van der Waals surface area contributed by atoms with Gasteiger partial charge in [-0.05, 0) is 60.3 Å². The summed E-state index contributed by atoms with van der Waals surface area (Å²) in [5.74, 6) is -0.273. The minimum atomic E-state index is -0.273. The molecule has 0 aromatic heterocycles. The Hall–Kier alpha value is -1.07. The first-order valence-electron chi connectivity index (χ1n) is 7.64. The van der Waals surface area contributed by atoms with Crippen molar-refractivity contribution >= 4 is 27.6 Å². The molecule has 1 unspecified atom stereocenters. The second-order valence-electron chi connectivity index (χ2n) is 5.77. The van der Waals surface area contributed by atoms with Crippen LogP contribution in [-0.4, -0.2) is 42.6 Å². The maximum Gasteiger partial charge on any atom is 0.338 e. The highest BCUT2D eigenvalue weighted by Crippen LogP contribution is 2.32. The second kappa shape index (κ2) is 6.36. The molecule has 2 aliphatic rings. The maximum atomic E-state index is 11.7. The lowest BCUT2D eigenvalue weighted by Crippen LogP contribution is -2.27. The average Bonchev–Trinajstić information content (AvgIpc) is 3.22. The number of esters is 1. The first kappa shape index (κ1) is 14.9. The number of hydrogen-bond acceptors (Lipinski definition) is 4. The molecular formula is C16H21BrN2O2. The van der Waals surface area contributed by atoms with Gasteiger partial charge in [-0.3, -0.25) is 4.90 Å². The van der Waals surface area contributed by atoms with Crippen molar-refractivity contribution in [3.05, 3.63) is 28.2 Å². The molecule has 1 saturated carbocycles. The van der Waals surface area contributed by atoms with Gasteiger partial charge in [0.1, 0.15) is 0 Å². The summed E-state index contributed by atoms with van der Waals surface area (Å²) in [5, 5.41) is 3.58. The Bertz CT molecular complexity index is 531. The Morgan fingerprint density at radius 3 is 2.90 bits per heavy atom. The molecule has 1 atom stereocenters. The monoisotopic (exact) mass is 352 g/mol. The van der Waals surface area contributed by atoms with E-state index in [1.54, 1.807) is 0 Å². The lowest BCUT2D eigenvalue weighted by molar-refractivity contribution is 0.0526. The topological polar surface area (TPSA) is 41.6 Å². The summed E-state index contributed by atoms with van der Waals surface area (Å²) in [6.07, 6.45) is 3.91. The molecule has 2 fully saturated rings. The zero-order valence-electron chi connectivity index (χ0n) is 12.3. The molecule has 1 aromatic rings. The smallest absolute Gasteiger partial charge is 0.338 e. The summed E-state index contributed by atoms with van der Waals surface area (Å²) in [5.41, 5.74) is 1.63. The van der Waals surface area contributed by atoms with E-state index < -0.39 is 0 Å². The number of anilines is 1. The van der Waals surface area contributed by atoms with Gasteiger partial charge in [0.2, 0.25) is 0 Å². The maximum absolute atomic E-state index is 11.7. The van der Waals surface area contributed by atoms with E-state index in [1.165, 1.54) is 25.8 Å². The largest absolute Gasteiger partial charge is 0.462 e. The first-order chi connectivity index (χ1) is 10.2. The van der Waals surface area contributed by atoms with E-state index >= 15 is 0 Å². The number of ether oxygens (including phenoxy) is 1. The summed E-state index contributed by atoms with van der Waals surface area (Å²) in [6.45, 7) is 4.53. The van der Waals surface area contributed by atoms with E-state index in [4.69, 9.17) is 4.74 Å². The summed E-state index contributed by atoms with van der Waals surface area (Å²) in [4.78, 5) is 14.3. The third-order valence-electron chi connectivity index (χ3n) is 4.12. The average molecular weight is 353 g/mol. The molecule has 3 rings (SSSR count). The number of likely N-dealkylation sites (tertiary alicyclic amines) is 1. The van der Waals surface area contributed by atoms with Crippen LogP contribution in [0.3, 0.4) is 0 Å². The van der Waals surface area contributed by atoms with Gasteiger partial charge in [0.15, 0.2) is 0 Å². The van der Waals surface area contributed by atoms with Crippen LogP contribution in [0.25, 0.3) is 0 Å². The molecule has 1 heterocycles. The third-order valence-corrected chi connectivity index (χ3v) is 4.78. The van der Waals surface area contributed by atoms with Crippen LogP contribution < -0.4 is 5.32 Å². The molecule has 5 heteroatoms. The molecule has 21 heavy (non-hydrogen) atoms.